The van der Waals surface area contributed by atoms with Gasteiger partial charge in [0.1, 0.15) is 5.82 Å². The lowest BCUT2D eigenvalue weighted by atomic mass is 10.1. The number of para-hydroxylation sites is 2. The fourth-order valence-corrected chi connectivity index (χ4v) is 4.36. The van der Waals surface area contributed by atoms with E-state index in [0.717, 1.165) is 17.1 Å². The molecule has 0 bridgehead atoms. The largest absolute Gasteiger partial charge is 0.324 e. The summed E-state index contributed by atoms with van der Waals surface area (Å²) in [7, 11) is 1.91. The Balaban J connectivity index is 1.48. The smallest absolute Gasteiger partial charge is 0.237 e. The third-order valence-electron chi connectivity index (χ3n) is 5.08. The second-order valence-electron chi connectivity index (χ2n) is 7.29. The molecule has 0 saturated carbocycles. The number of nitrogens with zero attached hydrogens (tertiary/aromatic N) is 4. The lowest BCUT2D eigenvalue weighted by Gasteiger charge is -2.27. The Morgan fingerprint density at radius 1 is 1.13 bits per heavy atom. The number of nitrogens with one attached hydrogen (secondary N) is 1. The molecule has 1 aromatic heterocycles. The molecule has 1 atom stereocenters. The Morgan fingerprint density at radius 3 is 2.67 bits per heavy atom. The van der Waals surface area contributed by atoms with Crippen molar-refractivity contribution in [2.75, 3.05) is 16.0 Å². The summed E-state index contributed by atoms with van der Waals surface area (Å²) in [5.41, 5.74) is 2.55. The lowest BCUT2D eigenvalue weighted by molar-refractivity contribution is -0.117. The number of carbonyl (C=O) groups is 2. The minimum atomic E-state index is -0.227. The first-order valence-corrected chi connectivity index (χ1v) is 10.8. The molecule has 0 aliphatic carbocycles. The predicted octanol–water partition coefficient (Wildman–Crippen LogP) is 3.26. The fraction of sp³-hybridized carbons (Fsp3) is 0.273. The zero-order valence-electron chi connectivity index (χ0n) is 16.9. The van der Waals surface area contributed by atoms with Gasteiger partial charge in [-0.25, -0.2) is 0 Å². The quantitative estimate of drug-likeness (QED) is 0.640. The molecular formula is C22H23N5O2S. The third-order valence-corrected chi connectivity index (χ3v) is 6.09. The molecule has 1 aliphatic rings. The van der Waals surface area contributed by atoms with E-state index in [4.69, 9.17) is 0 Å². The molecule has 3 aromatic rings. The molecule has 2 aromatic carbocycles. The van der Waals surface area contributed by atoms with Gasteiger partial charge in [0, 0.05) is 25.9 Å². The minimum absolute atomic E-state index is 0.0657. The topological polar surface area (TPSA) is 80.1 Å². The Labute approximate surface area is 179 Å². The maximum absolute atomic E-state index is 13.1. The highest BCUT2D eigenvalue weighted by Gasteiger charge is 2.29. The van der Waals surface area contributed by atoms with Crippen LogP contribution in [-0.4, -0.2) is 38.4 Å². The van der Waals surface area contributed by atoms with Crippen LogP contribution in [0.2, 0.25) is 0 Å². The second-order valence-corrected chi connectivity index (χ2v) is 8.23. The molecule has 0 spiro atoms. The van der Waals surface area contributed by atoms with Gasteiger partial charge in [-0.05, 0) is 24.6 Å². The first-order valence-electron chi connectivity index (χ1n) is 9.79. The number of carbonyl (C=O) groups excluding carboxylic acids is 2. The number of benzene rings is 2. The van der Waals surface area contributed by atoms with E-state index in [-0.39, 0.29) is 30.0 Å². The van der Waals surface area contributed by atoms with E-state index in [1.165, 1.54) is 11.8 Å². The second kappa shape index (κ2) is 8.71. The number of hydrogen-bond acceptors (Lipinski definition) is 5. The molecule has 0 fully saturated rings. The van der Waals surface area contributed by atoms with Gasteiger partial charge in [0.2, 0.25) is 11.8 Å². The molecule has 8 heteroatoms. The molecule has 30 heavy (non-hydrogen) atoms. The number of amides is 2. The summed E-state index contributed by atoms with van der Waals surface area (Å²) in [6.45, 7) is 1.89. The molecule has 2 amide bonds. The lowest BCUT2D eigenvalue weighted by Crippen LogP contribution is -2.40. The van der Waals surface area contributed by atoms with Crippen molar-refractivity contribution in [1.82, 2.24) is 14.8 Å². The molecule has 1 unspecified atom stereocenters. The summed E-state index contributed by atoms with van der Waals surface area (Å²) >= 11 is 1.36. The van der Waals surface area contributed by atoms with E-state index in [9.17, 15) is 9.59 Å². The van der Waals surface area contributed by atoms with Crippen LogP contribution in [0.5, 0.6) is 0 Å². The van der Waals surface area contributed by atoms with E-state index >= 15 is 0 Å². The van der Waals surface area contributed by atoms with Crippen molar-refractivity contribution in [3.05, 3.63) is 66.0 Å². The SMILES string of the molecule is CC1CC(=O)Nc2ccccc2N1C(=O)CSc1nnc(Cc2ccccc2)n1C. The normalized spacial score (nSPS) is 16.0. The number of fused-ring (bicyclic) bond motifs is 1. The monoisotopic (exact) mass is 421 g/mol. The minimum Gasteiger partial charge on any atom is -0.324 e. The van der Waals surface area contributed by atoms with Gasteiger partial charge in [-0.1, -0.05) is 54.2 Å². The van der Waals surface area contributed by atoms with Gasteiger partial charge in [-0.3, -0.25) is 9.59 Å². The average molecular weight is 422 g/mol. The van der Waals surface area contributed by atoms with Gasteiger partial charge < -0.3 is 14.8 Å². The summed E-state index contributed by atoms with van der Waals surface area (Å²) in [5, 5.41) is 12.1. The number of hydrogen-bond donors (Lipinski definition) is 1. The van der Waals surface area contributed by atoms with Gasteiger partial charge in [0.15, 0.2) is 5.16 Å². The van der Waals surface area contributed by atoms with Crippen molar-refractivity contribution in [1.29, 1.82) is 0 Å². The fourth-order valence-electron chi connectivity index (χ4n) is 3.57. The number of aromatic nitrogens is 3. The standard InChI is InChI=1S/C22H23N5O2S/c1-15-12-20(28)23-17-10-6-7-11-18(17)27(15)21(29)14-30-22-25-24-19(26(22)2)13-16-8-4-3-5-9-16/h3-11,15H,12-14H2,1-2H3,(H,23,28). The molecular weight excluding hydrogens is 398 g/mol. The maximum atomic E-state index is 13.1. The number of rotatable bonds is 5. The van der Waals surface area contributed by atoms with Crippen molar-refractivity contribution in [2.24, 2.45) is 7.05 Å². The van der Waals surface area contributed by atoms with E-state index < -0.39 is 0 Å². The predicted molar refractivity (Wildman–Crippen MR) is 118 cm³/mol. The van der Waals surface area contributed by atoms with Crippen LogP contribution in [0.4, 0.5) is 11.4 Å². The van der Waals surface area contributed by atoms with Gasteiger partial charge in [-0.2, -0.15) is 0 Å². The summed E-state index contributed by atoms with van der Waals surface area (Å²) in [5.74, 6) is 0.907. The van der Waals surface area contributed by atoms with Crippen LogP contribution >= 0.6 is 11.8 Å². The molecule has 0 radical (unpaired) electrons. The van der Waals surface area contributed by atoms with E-state index in [1.54, 1.807) is 4.90 Å². The molecule has 2 heterocycles. The molecule has 1 N–H and O–H groups in total. The molecule has 154 valence electrons. The Kier molecular flexibility index (Phi) is 5.85. The van der Waals surface area contributed by atoms with Crippen molar-refractivity contribution in [3.8, 4) is 0 Å². The summed E-state index contributed by atoms with van der Waals surface area (Å²) in [6.07, 6.45) is 0.944. The van der Waals surface area contributed by atoms with Gasteiger partial charge in [0.25, 0.3) is 0 Å². The van der Waals surface area contributed by atoms with Crippen LogP contribution in [-0.2, 0) is 23.1 Å². The molecule has 0 saturated heterocycles. The Bertz CT molecular complexity index is 1070. The van der Waals surface area contributed by atoms with Crippen LogP contribution < -0.4 is 10.2 Å². The van der Waals surface area contributed by atoms with Crippen LogP contribution in [0.1, 0.15) is 24.7 Å². The zero-order valence-corrected chi connectivity index (χ0v) is 17.7. The number of anilines is 2. The highest BCUT2D eigenvalue weighted by Crippen LogP contribution is 2.32. The van der Waals surface area contributed by atoms with Crippen LogP contribution in [0.25, 0.3) is 0 Å². The van der Waals surface area contributed by atoms with Crippen LogP contribution in [0.3, 0.4) is 0 Å². The van der Waals surface area contributed by atoms with Crippen molar-refractivity contribution in [3.63, 3.8) is 0 Å². The first kappa shape index (κ1) is 20.2. The summed E-state index contributed by atoms with van der Waals surface area (Å²) in [4.78, 5) is 27.0. The first-order chi connectivity index (χ1) is 14.5. The molecule has 1 aliphatic heterocycles. The molecule has 7 nitrogen and oxygen atoms in total. The highest BCUT2D eigenvalue weighted by molar-refractivity contribution is 7.99. The summed E-state index contributed by atoms with van der Waals surface area (Å²) < 4.78 is 1.93. The van der Waals surface area contributed by atoms with Crippen molar-refractivity contribution >= 4 is 35.0 Å². The van der Waals surface area contributed by atoms with Crippen LogP contribution in [0.15, 0.2) is 59.8 Å². The highest BCUT2D eigenvalue weighted by atomic mass is 32.2. The van der Waals surface area contributed by atoms with Gasteiger partial charge in [-0.15, -0.1) is 10.2 Å². The van der Waals surface area contributed by atoms with Crippen LogP contribution in [0, 0.1) is 0 Å². The van der Waals surface area contributed by atoms with Gasteiger partial charge >= 0.3 is 0 Å². The average Bonchev–Trinajstić information content (AvgIpc) is 3.01. The number of thioether (sulfide) groups is 1. The van der Waals surface area contributed by atoms with Crippen molar-refractivity contribution in [2.45, 2.75) is 31.0 Å². The third kappa shape index (κ3) is 4.23. The van der Waals surface area contributed by atoms with Crippen molar-refractivity contribution < 1.29 is 9.59 Å². The summed E-state index contributed by atoms with van der Waals surface area (Å²) in [6, 6.07) is 17.3. The maximum Gasteiger partial charge on any atom is 0.237 e. The van der Waals surface area contributed by atoms with Gasteiger partial charge in [0.05, 0.1) is 17.1 Å². The Morgan fingerprint density at radius 2 is 1.87 bits per heavy atom. The zero-order chi connectivity index (χ0) is 21.1. The van der Waals surface area contributed by atoms with E-state index in [0.29, 0.717) is 17.3 Å². The molecule has 4 rings (SSSR count). The van der Waals surface area contributed by atoms with E-state index in [2.05, 4.69) is 27.6 Å². The van der Waals surface area contributed by atoms with E-state index in [1.807, 2.05) is 61.0 Å². The Hall–Kier alpha value is -3.13.